The van der Waals surface area contributed by atoms with Crippen LogP contribution >= 0.6 is 0 Å². The molecule has 0 saturated carbocycles. The molecule has 1 aromatic heterocycles. The predicted octanol–water partition coefficient (Wildman–Crippen LogP) is 1.99. The number of methoxy groups -OCH3 is 1. The number of benzene rings is 1. The van der Waals surface area contributed by atoms with Crippen molar-refractivity contribution >= 4 is 5.91 Å². The minimum atomic E-state index is -0.315. The van der Waals surface area contributed by atoms with E-state index in [9.17, 15) is 9.18 Å². The minimum absolute atomic E-state index is 0.154. The van der Waals surface area contributed by atoms with Gasteiger partial charge in [-0.1, -0.05) is 24.3 Å². The third-order valence-electron chi connectivity index (χ3n) is 3.54. The van der Waals surface area contributed by atoms with E-state index >= 15 is 0 Å². The van der Waals surface area contributed by atoms with Crippen LogP contribution < -0.4 is 5.32 Å². The first-order valence-electron chi connectivity index (χ1n) is 7.79. The smallest absolute Gasteiger partial charge is 0.234 e. The van der Waals surface area contributed by atoms with E-state index in [1.165, 1.54) is 6.07 Å². The third kappa shape index (κ3) is 6.06. The second-order valence-corrected chi connectivity index (χ2v) is 5.43. The number of halogens is 1. The van der Waals surface area contributed by atoms with Crippen molar-refractivity contribution in [3.8, 4) is 0 Å². The maximum atomic E-state index is 13.6. The van der Waals surface area contributed by atoms with E-state index in [4.69, 9.17) is 4.74 Å². The SMILES string of the molecule is COCCN(CC(=O)NCc1ccccc1F)Cc1cccnc1. The Bertz CT molecular complexity index is 637. The van der Waals surface area contributed by atoms with Crippen molar-refractivity contribution in [2.24, 2.45) is 0 Å². The number of ether oxygens (including phenoxy) is 1. The standard InChI is InChI=1S/C18H22FN3O2/c1-24-10-9-22(13-15-5-4-8-20-11-15)14-18(23)21-12-16-6-2-3-7-17(16)19/h2-8,11H,9-10,12-14H2,1H3,(H,21,23). The Morgan fingerprint density at radius 1 is 1.29 bits per heavy atom. The van der Waals surface area contributed by atoms with Crippen LogP contribution in [0.25, 0.3) is 0 Å². The Balaban J connectivity index is 1.88. The average Bonchev–Trinajstić information content (AvgIpc) is 2.60. The Morgan fingerprint density at radius 2 is 2.12 bits per heavy atom. The topological polar surface area (TPSA) is 54.5 Å². The van der Waals surface area contributed by atoms with E-state index in [1.807, 2.05) is 17.0 Å². The molecule has 5 nitrogen and oxygen atoms in total. The van der Waals surface area contributed by atoms with E-state index in [1.54, 1.807) is 37.7 Å². The molecule has 0 unspecified atom stereocenters. The highest BCUT2D eigenvalue weighted by Gasteiger charge is 2.12. The molecule has 2 rings (SSSR count). The summed E-state index contributed by atoms with van der Waals surface area (Å²) in [5.74, 6) is -0.470. The monoisotopic (exact) mass is 331 g/mol. The number of aromatic nitrogens is 1. The highest BCUT2D eigenvalue weighted by molar-refractivity contribution is 5.78. The summed E-state index contributed by atoms with van der Waals surface area (Å²) in [7, 11) is 1.63. The molecular formula is C18H22FN3O2. The molecule has 1 N–H and O–H groups in total. The van der Waals surface area contributed by atoms with Crippen LogP contribution in [0.4, 0.5) is 4.39 Å². The van der Waals surface area contributed by atoms with Gasteiger partial charge >= 0.3 is 0 Å². The average molecular weight is 331 g/mol. The number of rotatable bonds is 9. The van der Waals surface area contributed by atoms with Crippen LogP contribution in [0.15, 0.2) is 48.8 Å². The van der Waals surface area contributed by atoms with Crippen LogP contribution in [0.3, 0.4) is 0 Å². The van der Waals surface area contributed by atoms with Gasteiger partial charge in [0.25, 0.3) is 0 Å². The van der Waals surface area contributed by atoms with Crippen molar-refractivity contribution in [1.29, 1.82) is 0 Å². The van der Waals surface area contributed by atoms with Gasteiger partial charge in [-0.05, 0) is 17.7 Å². The van der Waals surface area contributed by atoms with E-state index in [0.29, 0.717) is 25.3 Å². The molecule has 0 aliphatic carbocycles. The molecule has 0 aliphatic rings. The van der Waals surface area contributed by atoms with Crippen molar-refractivity contribution in [3.05, 3.63) is 65.7 Å². The summed E-state index contributed by atoms with van der Waals surface area (Å²) in [5.41, 5.74) is 1.50. The summed E-state index contributed by atoms with van der Waals surface area (Å²) in [5, 5.41) is 2.76. The molecule has 0 spiro atoms. The number of nitrogens with one attached hydrogen (secondary N) is 1. The van der Waals surface area contributed by atoms with E-state index in [0.717, 1.165) is 5.56 Å². The molecule has 1 aromatic carbocycles. The first kappa shape index (κ1) is 18.0. The van der Waals surface area contributed by atoms with Gasteiger partial charge in [0, 0.05) is 44.7 Å². The third-order valence-corrected chi connectivity index (χ3v) is 3.54. The fourth-order valence-corrected chi connectivity index (χ4v) is 2.28. The molecule has 0 fully saturated rings. The summed E-state index contributed by atoms with van der Waals surface area (Å²) >= 11 is 0. The van der Waals surface area contributed by atoms with Crippen LogP contribution in [-0.4, -0.2) is 42.6 Å². The molecule has 2 aromatic rings. The fourth-order valence-electron chi connectivity index (χ4n) is 2.28. The van der Waals surface area contributed by atoms with Crippen LogP contribution in [-0.2, 0) is 22.6 Å². The van der Waals surface area contributed by atoms with E-state index in [2.05, 4.69) is 10.3 Å². The number of hydrogen-bond donors (Lipinski definition) is 1. The number of hydrogen-bond acceptors (Lipinski definition) is 4. The van der Waals surface area contributed by atoms with Crippen molar-refractivity contribution in [3.63, 3.8) is 0 Å². The van der Waals surface area contributed by atoms with Crippen LogP contribution in [0.1, 0.15) is 11.1 Å². The zero-order valence-electron chi connectivity index (χ0n) is 13.7. The second-order valence-electron chi connectivity index (χ2n) is 5.43. The zero-order valence-corrected chi connectivity index (χ0v) is 13.7. The Hall–Kier alpha value is -2.31. The number of amides is 1. The van der Waals surface area contributed by atoms with Crippen molar-refractivity contribution in [2.75, 3.05) is 26.8 Å². The summed E-state index contributed by atoms with van der Waals surface area (Å²) in [4.78, 5) is 18.2. The second kappa shape index (κ2) is 9.75. The lowest BCUT2D eigenvalue weighted by Gasteiger charge is -2.21. The normalized spacial score (nSPS) is 10.8. The lowest BCUT2D eigenvalue weighted by atomic mass is 10.2. The summed E-state index contributed by atoms with van der Waals surface area (Å²) < 4.78 is 18.7. The molecule has 0 saturated heterocycles. The highest BCUT2D eigenvalue weighted by atomic mass is 19.1. The number of pyridine rings is 1. The summed E-state index contributed by atoms with van der Waals surface area (Å²) in [6.45, 7) is 2.15. The van der Waals surface area contributed by atoms with Gasteiger partial charge in [0.05, 0.1) is 13.2 Å². The Morgan fingerprint density at radius 3 is 2.83 bits per heavy atom. The lowest BCUT2D eigenvalue weighted by Crippen LogP contribution is -2.38. The molecular weight excluding hydrogens is 309 g/mol. The first-order valence-corrected chi connectivity index (χ1v) is 7.79. The van der Waals surface area contributed by atoms with Crippen LogP contribution in [0, 0.1) is 5.82 Å². The van der Waals surface area contributed by atoms with Crippen molar-refractivity contribution in [1.82, 2.24) is 15.2 Å². The molecule has 0 bridgehead atoms. The zero-order chi connectivity index (χ0) is 17.2. The Labute approximate surface area is 141 Å². The van der Waals surface area contributed by atoms with Crippen LogP contribution in [0.2, 0.25) is 0 Å². The molecule has 0 atom stereocenters. The number of nitrogens with zero attached hydrogens (tertiary/aromatic N) is 2. The number of carbonyl (C=O) groups excluding carboxylic acids is 1. The van der Waals surface area contributed by atoms with Gasteiger partial charge < -0.3 is 10.1 Å². The van der Waals surface area contributed by atoms with Gasteiger partial charge in [-0.3, -0.25) is 14.7 Å². The summed E-state index contributed by atoms with van der Waals surface area (Å²) in [6, 6.07) is 10.2. The van der Waals surface area contributed by atoms with Gasteiger partial charge in [0.15, 0.2) is 0 Å². The van der Waals surface area contributed by atoms with Gasteiger partial charge in [0.1, 0.15) is 5.82 Å². The molecule has 128 valence electrons. The molecule has 0 radical (unpaired) electrons. The first-order chi connectivity index (χ1) is 11.7. The predicted molar refractivity (Wildman–Crippen MR) is 89.6 cm³/mol. The maximum Gasteiger partial charge on any atom is 0.234 e. The van der Waals surface area contributed by atoms with Gasteiger partial charge in [-0.2, -0.15) is 0 Å². The molecule has 0 aliphatic heterocycles. The highest BCUT2D eigenvalue weighted by Crippen LogP contribution is 2.06. The fraction of sp³-hybridized carbons (Fsp3) is 0.333. The molecule has 6 heteroatoms. The molecule has 1 heterocycles. The van der Waals surface area contributed by atoms with Gasteiger partial charge in [0.2, 0.25) is 5.91 Å². The number of carbonyl (C=O) groups is 1. The molecule has 1 amide bonds. The van der Waals surface area contributed by atoms with Crippen LogP contribution in [0.5, 0.6) is 0 Å². The largest absolute Gasteiger partial charge is 0.383 e. The van der Waals surface area contributed by atoms with Crippen molar-refractivity contribution < 1.29 is 13.9 Å². The lowest BCUT2D eigenvalue weighted by molar-refractivity contribution is -0.122. The quantitative estimate of drug-likeness (QED) is 0.763. The maximum absolute atomic E-state index is 13.6. The molecule has 24 heavy (non-hydrogen) atoms. The van der Waals surface area contributed by atoms with Gasteiger partial charge in [-0.15, -0.1) is 0 Å². The minimum Gasteiger partial charge on any atom is -0.383 e. The van der Waals surface area contributed by atoms with E-state index in [-0.39, 0.29) is 24.8 Å². The summed E-state index contributed by atoms with van der Waals surface area (Å²) in [6.07, 6.45) is 3.49. The Kier molecular flexibility index (Phi) is 7.32. The van der Waals surface area contributed by atoms with Crippen molar-refractivity contribution in [2.45, 2.75) is 13.1 Å². The van der Waals surface area contributed by atoms with E-state index < -0.39 is 0 Å². The van der Waals surface area contributed by atoms with Gasteiger partial charge in [-0.25, -0.2) is 4.39 Å².